The molecule has 14 heteroatoms. The molecule has 3 aromatic carbocycles. The van der Waals surface area contributed by atoms with Crippen molar-refractivity contribution in [3.63, 3.8) is 0 Å². The Bertz CT molecular complexity index is 2160. The lowest BCUT2D eigenvalue weighted by Crippen LogP contribution is -2.48. The first-order valence-electron chi connectivity index (χ1n) is 17.5. The largest absolute Gasteiger partial charge is 0.495 e. The number of likely N-dealkylation sites (tertiary alicyclic amines) is 1. The van der Waals surface area contributed by atoms with Crippen molar-refractivity contribution in [2.75, 3.05) is 19.0 Å². The number of esters is 2. The Balaban J connectivity index is 1.29. The van der Waals surface area contributed by atoms with Crippen molar-refractivity contribution in [1.82, 2.24) is 9.47 Å². The van der Waals surface area contributed by atoms with Gasteiger partial charge in [-0.25, -0.2) is 14.4 Å². The van der Waals surface area contributed by atoms with Crippen molar-refractivity contribution in [3.8, 4) is 22.9 Å². The van der Waals surface area contributed by atoms with E-state index in [0.717, 1.165) is 5.56 Å². The average molecular weight is 769 g/mol. The van der Waals surface area contributed by atoms with Gasteiger partial charge in [0.15, 0.2) is 6.04 Å². The van der Waals surface area contributed by atoms with E-state index < -0.39 is 53.3 Å². The van der Waals surface area contributed by atoms with Gasteiger partial charge < -0.3 is 24.3 Å². The monoisotopic (exact) mass is 768 g/mol. The molecule has 1 unspecified atom stereocenters. The Morgan fingerprint density at radius 2 is 1.71 bits per heavy atom. The van der Waals surface area contributed by atoms with Crippen LogP contribution < -0.4 is 15.6 Å². The number of hydrogen-bond acceptors (Lipinski definition) is 10. The summed E-state index contributed by atoms with van der Waals surface area (Å²) in [4.78, 5) is 67.9. The van der Waals surface area contributed by atoms with Crippen LogP contribution in [0.5, 0.6) is 5.75 Å². The van der Waals surface area contributed by atoms with Gasteiger partial charge in [0, 0.05) is 40.9 Å². The molecule has 4 aromatic rings. The van der Waals surface area contributed by atoms with Crippen LogP contribution in [-0.2, 0) is 30.4 Å². The molecule has 1 N–H and O–H groups in total. The summed E-state index contributed by atoms with van der Waals surface area (Å²) in [5.41, 5.74) is 0.956. The smallest absolute Gasteiger partial charge is 0.411 e. The van der Waals surface area contributed by atoms with Gasteiger partial charge in [0.05, 0.1) is 30.5 Å². The van der Waals surface area contributed by atoms with Crippen LogP contribution in [0.4, 0.5) is 10.5 Å². The van der Waals surface area contributed by atoms with Crippen molar-refractivity contribution in [3.05, 3.63) is 117 Å². The third kappa shape index (κ3) is 9.71. The van der Waals surface area contributed by atoms with Crippen LogP contribution in [0.3, 0.4) is 0 Å². The maximum Gasteiger partial charge on any atom is 0.411 e. The van der Waals surface area contributed by atoms with Crippen LogP contribution in [-0.4, -0.2) is 64.8 Å². The number of methoxy groups -OCH3 is 1. The number of hydrogen-bond donors (Lipinski definition) is 1. The molecular weight excluding hydrogens is 728 g/mol. The minimum Gasteiger partial charge on any atom is -0.495 e. The van der Waals surface area contributed by atoms with Crippen LogP contribution in [0.25, 0.3) is 11.1 Å². The minimum atomic E-state index is -1.23. The second-order valence-electron chi connectivity index (χ2n) is 13.7. The van der Waals surface area contributed by atoms with E-state index in [4.69, 9.17) is 30.5 Å². The molecule has 0 aliphatic carbocycles. The highest BCUT2D eigenvalue weighted by atomic mass is 35.5. The molecule has 286 valence electrons. The lowest BCUT2D eigenvalue weighted by Gasteiger charge is -2.29. The topological polar surface area (TPSA) is 166 Å². The summed E-state index contributed by atoms with van der Waals surface area (Å²) < 4.78 is 23.7. The molecule has 2 amide bonds. The summed E-state index contributed by atoms with van der Waals surface area (Å²) in [5, 5.41) is 12.8. The normalized spacial score (nSPS) is 15.7. The number of anilines is 1. The number of pyridine rings is 1. The average Bonchev–Trinajstić information content (AvgIpc) is 3.58. The summed E-state index contributed by atoms with van der Waals surface area (Å²) in [6.45, 7) is 6.93. The first-order chi connectivity index (χ1) is 26.2. The minimum absolute atomic E-state index is 0.0370. The predicted molar refractivity (Wildman–Crippen MR) is 204 cm³/mol. The van der Waals surface area contributed by atoms with Crippen LogP contribution in [0.1, 0.15) is 68.1 Å². The highest BCUT2D eigenvalue weighted by Gasteiger charge is 2.47. The number of nitrogens with one attached hydrogen (secondary N) is 1. The maximum atomic E-state index is 13.5. The first-order valence-corrected chi connectivity index (χ1v) is 17.9. The van der Waals surface area contributed by atoms with Crippen LogP contribution >= 0.6 is 11.6 Å². The molecule has 5 rings (SSSR count). The molecule has 1 aliphatic heterocycles. The molecule has 2 heterocycles. The fourth-order valence-corrected chi connectivity index (χ4v) is 6.29. The molecule has 3 atom stereocenters. The van der Waals surface area contributed by atoms with Crippen LogP contribution in [0.2, 0.25) is 5.02 Å². The van der Waals surface area contributed by atoms with E-state index in [-0.39, 0.29) is 37.3 Å². The zero-order valence-corrected chi connectivity index (χ0v) is 31.8. The molecule has 55 heavy (non-hydrogen) atoms. The molecule has 1 aliphatic rings. The van der Waals surface area contributed by atoms with Crippen LogP contribution in [0.15, 0.2) is 89.9 Å². The number of ether oxygens (including phenoxy) is 4. The molecule has 13 nitrogen and oxygen atoms in total. The number of carbonyl (C=O) groups excluding carboxylic acids is 4. The zero-order valence-electron chi connectivity index (χ0n) is 31.0. The summed E-state index contributed by atoms with van der Waals surface area (Å²) in [7, 11) is 1.42. The molecule has 0 radical (unpaired) electrons. The van der Waals surface area contributed by atoms with Gasteiger partial charge in [-0.2, -0.15) is 5.26 Å². The van der Waals surface area contributed by atoms with Gasteiger partial charge >= 0.3 is 18.0 Å². The molecule has 1 saturated heterocycles. The van der Waals surface area contributed by atoms with E-state index in [1.165, 1.54) is 53.1 Å². The van der Waals surface area contributed by atoms with Crippen molar-refractivity contribution < 1.29 is 38.1 Å². The number of nitriles is 1. The predicted octanol–water partition coefficient (Wildman–Crippen LogP) is 6.92. The van der Waals surface area contributed by atoms with E-state index in [9.17, 15) is 29.2 Å². The van der Waals surface area contributed by atoms with E-state index in [1.807, 2.05) is 18.2 Å². The van der Waals surface area contributed by atoms with Crippen molar-refractivity contribution in [2.45, 2.75) is 70.9 Å². The van der Waals surface area contributed by atoms with Crippen molar-refractivity contribution in [1.29, 1.82) is 5.26 Å². The molecule has 0 saturated carbocycles. The Kier molecular flexibility index (Phi) is 12.6. The summed E-state index contributed by atoms with van der Waals surface area (Å²) >= 11 is 6.18. The Morgan fingerprint density at radius 3 is 2.35 bits per heavy atom. The van der Waals surface area contributed by atoms with Gasteiger partial charge in [-0.3, -0.25) is 19.1 Å². The SMILES string of the molecule is CCC(C(=O)Nc1ccc(C(=O)O[C@H]2CCN(C(=O)OC(C)(C)C)[C@@H]2C(=O)OCc2ccccc2)cc1)n1cc(OC)c(-c2cc(Cl)ccc2C#N)cc1=O. The number of aromatic nitrogens is 1. The molecule has 0 bridgehead atoms. The molecule has 0 spiro atoms. The highest BCUT2D eigenvalue weighted by Crippen LogP contribution is 2.34. The second-order valence-corrected chi connectivity index (χ2v) is 14.2. The highest BCUT2D eigenvalue weighted by molar-refractivity contribution is 6.31. The number of carbonyl (C=O) groups is 4. The number of halogens is 1. The van der Waals surface area contributed by atoms with Gasteiger partial charge in [-0.05, 0) is 75.2 Å². The Labute approximate surface area is 323 Å². The fraction of sp³-hybridized carbons (Fsp3) is 0.317. The Hall–Kier alpha value is -6.13. The number of benzene rings is 3. The van der Waals surface area contributed by atoms with Gasteiger partial charge in [0.2, 0.25) is 5.91 Å². The summed E-state index contributed by atoms with van der Waals surface area (Å²) in [6, 6.07) is 20.8. The lowest BCUT2D eigenvalue weighted by atomic mass is 10.00. The quantitative estimate of drug-likeness (QED) is 0.125. The van der Waals surface area contributed by atoms with E-state index >= 15 is 0 Å². The lowest BCUT2D eigenvalue weighted by molar-refractivity contribution is -0.153. The van der Waals surface area contributed by atoms with Gasteiger partial charge in [0.25, 0.3) is 5.56 Å². The maximum absolute atomic E-state index is 13.5. The van der Waals surface area contributed by atoms with E-state index in [0.29, 0.717) is 27.4 Å². The first kappa shape index (κ1) is 40.1. The fourth-order valence-electron chi connectivity index (χ4n) is 6.12. The molecule has 1 fully saturated rings. The standard InChI is InChI=1S/C41H41ClN4O9/c1-6-32(46-23-34(52-5)31(21-35(46)47)30-20-28(42)15-12-27(30)22-43)37(48)44-29-16-13-26(14-17-29)38(49)54-33-18-19-45(40(51)55-41(2,3)4)36(33)39(50)53-24-25-10-8-7-9-11-25/h7-17,20-21,23,32-33,36H,6,18-19,24H2,1-5H3,(H,44,48)/t32?,33-,36-/m0/s1. The third-order valence-corrected chi connectivity index (χ3v) is 9.00. The van der Waals surface area contributed by atoms with Crippen molar-refractivity contribution >= 4 is 41.2 Å². The molecular formula is C41H41ClN4O9. The van der Waals surface area contributed by atoms with Gasteiger partial charge in [-0.15, -0.1) is 0 Å². The third-order valence-electron chi connectivity index (χ3n) is 8.76. The Morgan fingerprint density at radius 1 is 1.00 bits per heavy atom. The van der Waals surface area contributed by atoms with Crippen LogP contribution in [0, 0.1) is 11.3 Å². The van der Waals surface area contributed by atoms with Gasteiger partial charge in [-0.1, -0.05) is 48.9 Å². The number of amides is 2. The number of rotatable bonds is 11. The van der Waals surface area contributed by atoms with E-state index in [2.05, 4.69) is 11.4 Å². The van der Waals surface area contributed by atoms with E-state index in [1.54, 1.807) is 58.0 Å². The summed E-state index contributed by atoms with van der Waals surface area (Å²) in [5.74, 6) is -1.73. The summed E-state index contributed by atoms with van der Waals surface area (Å²) in [6.07, 6.45) is 0.0936. The van der Waals surface area contributed by atoms with Gasteiger partial charge in [0.1, 0.15) is 30.1 Å². The number of nitrogens with zero attached hydrogens (tertiary/aromatic N) is 3. The zero-order chi connectivity index (χ0) is 39.9. The molecule has 1 aromatic heterocycles. The van der Waals surface area contributed by atoms with Crippen molar-refractivity contribution in [2.24, 2.45) is 0 Å². The second kappa shape index (κ2) is 17.3.